The van der Waals surface area contributed by atoms with Gasteiger partial charge in [0.1, 0.15) is 5.52 Å². The maximum absolute atomic E-state index is 11.6. The number of nitro benzene ring substituents is 1. The van der Waals surface area contributed by atoms with E-state index in [9.17, 15) is 10.1 Å². The predicted octanol–water partition coefficient (Wildman–Crippen LogP) is 6.80. The molecule has 0 saturated carbocycles. The first kappa shape index (κ1) is 17.3. The summed E-state index contributed by atoms with van der Waals surface area (Å²) in [7, 11) is 0. The van der Waals surface area contributed by atoms with E-state index < -0.39 is 0 Å². The van der Waals surface area contributed by atoms with Crippen LogP contribution in [0.2, 0.25) is 0 Å². The summed E-state index contributed by atoms with van der Waals surface area (Å²) in [5.74, 6) is 0.366. The molecule has 0 aliphatic rings. The second-order valence-corrected chi connectivity index (χ2v) is 7.35. The van der Waals surface area contributed by atoms with Crippen LogP contribution < -0.4 is 0 Å². The third-order valence-corrected chi connectivity index (χ3v) is 5.45. The SMILES string of the molecule is O=[N+]([O-])c1cc(-c2nc3cc(-c4ccccc4)ccc3o2)ccc1-c1ccsc1. The van der Waals surface area contributed by atoms with Crippen LogP contribution in [0.25, 0.3) is 44.8 Å². The van der Waals surface area contributed by atoms with Crippen LogP contribution in [-0.2, 0) is 0 Å². The van der Waals surface area contributed by atoms with E-state index in [0.29, 0.717) is 28.1 Å². The monoisotopic (exact) mass is 398 g/mol. The lowest BCUT2D eigenvalue weighted by molar-refractivity contribution is -0.384. The quantitative estimate of drug-likeness (QED) is 0.247. The van der Waals surface area contributed by atoms with Crippen molar-refractivity contribution in [2.24, 2.45) is 0 Å². The van der Waals surface area contributed by atoms with Crippen molar-refractivity contribution in [2.45, 2.75) is 0 Å². The Morgan fingerprint density at radius 1 is 0.862 bits per heavy atom. The molecule has 0 bridgehead atoms. The van der Waals surface area contributed by atoms with Gasteiger partial charge in [0.05, 0.1) is 10.5 Å². The lowest BCUT2D eigenvalue weighted by Gasteiger charge is -2.02. The summed E-state index contributed by atoms with van der Waals surface area (Å²) >= 11 is 1.50. The van der Waals surface area contributed by atoms with Crippen LogP contribution in [0.3, 0.4) is 0 Å². The van der Waals surface area contributed by atoms with Crippen LogP contribution in [0.5, 0.6) is 0 Å². The largest absolute Gasteiger partial charge is 0.436 e. The number of benzene rings is 3. The standard InChI is InChI=1S/C23H14N2O3S/c26-25(27)21-13-17(6-8-19(21)18-10-11-29-14-18)23-24-20-12-16(7-9-22(20)28-23)15-4-2-1-3-5-15/h1-14H. The Morgan fingerprint density at radius 3 is 2.45 bits per heavy atom. The molecule has 140 valence electrons. The minimum Gasteiger partial charge on any atom is -0.436 e. The molecule has 0 N–H and O–H groups in total. The lowest BCUT2D eigenvalue weighted by atomic mass is 10.0. The Balaban J connectivity index is 1.58. The molecule has 5 rings (SSSR count). The van der Waals surface area contributed by atoms with Gasteiger partial charge in [-0.25, -0.2) is 4.98 Å². The number of hydrogen-bond donors (Lipinski definition) is 0. The molecule has 0 unspecified atom stereocenters. The normalized spacial score (nSPS) is 11.0. The fourth-order valence-electron chi connectivity index (χ4n) is 3.34. The Hall–Kier alpha value is -3.77. The Kier molecular flexibility index (Phi) is 4.18. The lowest BCUT2D eigenvalue weighted by Crippen LogP contribution is -1.92. The van der Waals surface area contributed by atoms with E-state index in [4.69, 9.17) is 4.42 Å². The van der Waals surface area contributed by atoms with Crippen LogP contribution in [0.4, 0.5) is 5.69 Å². The molecule has 0 spiro atoms. The highest BCUT2D eigenvalue weighted by Gasteiger charge is 2.19. The zero-order valence-electron chi connectivity index (χ0n) is 15.1. The van der Waals surface area contributed by atoms with Crippen LogP contribution in [0.1, 0.15) is 0 Å². The number of nitrogens with zero attached hydrogens (tertiary/aromatic N) is 2. The van der Waals surface area contributed by atoms with Gasteiger partial charge >= 0.3 is 0 Å². The van der Waals surface area contributed by atoms with Gasteiger partial charge in [0, 0.05) is 11.6 Å². The molecule has 6 heteroatoms. The summed E-state index contributed by atoms with van der Waals surface area (Å²) in [4.78, 5) is 15.8. The zero-order chi connectivity index (χ0) is 19.8. The molecule has 0 saturated heterocycles. The fourth-order valence-corrected chi connectivity index (χ4v) is 3.99. The molecule has 0 fully saturated rings. The number of fused-ring (bicyclic) bond motifs is 1. The van der Waals surface area contributed by atoms with E-state index in [1.807, 2.05) is 71.4 Å². The summed E-state index contributed by atoms with van der Waals surface area (Å²) in [6.45, 7) is 0. The van der Waals surface area contributed by atoms with Crippen LogP contribution >= 0.6 is 11.3 Å². The molecule has 0 amide bonds. The van der Waals surface area contributed by atoms with Crippen LogP contribution in [0, 0.1) is 10.1 Å². The Bertz CT molecular complexity index is 1330. The molecule has 3 aromatic carbocycles. The summed E-state index contributed by atoms with van der Waals surface area (Å²) < 4.78 is 5.88. The second kappa shape index (κ2) is 7.00. The highest BCUT2D eigenvalue weighted by molar-refractivity contribution is 7.08. The summed E-state index contributed by atoms with van der Waals surface area (Å²) in [5, 5.41) is 15.4. The number of nitro groups is 1. The van der Waals surface area contributed by atoms with E-state index in [-0.39, 0.29) is 10.6 Å². The van der Waals surface area contributed by atoms with Gasteiger partial charge in [-0.15, -0.1) is 0 Å². The van der Waals surface area contributed by atoms with Crippen molar-refractivity contribution >= 4 is 28.1 Å². The van der Waals surface area contributed by atoms with Crippen LogP contribution in [0.15, 0.2) is 88.0 Å². The number of aromatic nitrogens is 1. The number of oxazole rings is 1. The highest BCUT2D eigenvalue weighted by atomic mass is 32.1. The topological polar surface area (TPSA) is 69.2 Å². The van der Waals surface area contributed by atoms with E-state index in [1.54, 1.807) is 6.07 Å². The molecule has 2 heterocycles. The van der Waals surface area contributed by atoms with Crippen molar-refractivity contribution in [3.05, 3.63) is 93.7 Å². The zero-order valence-corrected chi connectivity index (χ0v) is 15.9. The Labute approximate surface area is 170 Å². The van der Waals surface area contributed by atoms with Gasteiger partial charge in [0.15, 0.2) is 5.58 Å². The van der Waals surface area contributed by atoms with Crippen LogP contribution in [-0.4, -0.2) is 9.91 Å². The van der Waals surface area contributed by atoms with E-state index in [2.05, 4.69) is 4.98 Å². The van der Waals surface area contributed by atoms with E-state index in [1.165, 1.54) is 17.4 Å². The van der Waals surface area contributed by atoms with Gasteiger partial charge in [0.25, 0.3) is 5.69 Å². The van der Waals surface area contributed by atoms with Crippen molar-refractivity contribution in [3.63, 3.8) is 0 Å². The third-order valence-electron chi connectivity index (χ3n) is 4.77. The maximum Gasteiger partial charge on any atom is 0.278 e. The molecule has 0 aliphatic carbocycles. The van der Waals surface area contributed by atoms with Gasteiger partial charge < -0.3 is 4.42 Å². The molecular weight excluding hydrogens is 384 g/mol. The summed E-state index contributed by atoms with van der Waals surface area (Å²) in [5.41, 5.74) is 5.52. The van der Waals surface area contributed by atoms with Crippen molar-refractivity contribution in [1.29, 1.82) is 0 Å². The van der Waals surface area contributed by atoms with Gasteiger partial charge in [-0.3, -0.25) is 10.1 Å². The Morgan fingerprint density at radius 2 is 1.69 bits per heavy atom. The van der Waals surface area contributed by atoms with Gasteiger partial charge in [-0.1, -0.05) is 36.4 Å². The predicted molar refractivity (Wildman–Crippen MR) is 115 cm³/mol. The molecule has 0 radical (unpaired) electrons. The highest BCUT2D eigenvalue weighted by Crippen LogP contribution is 2.36. The molecule has 0 atom stereocenters. The third kappa shape index (κ3) is 3.19. The average molecular weight is 398 g/mol. The van der Waals surface area contributed by atoms with E-state index >= 15 is 0 Å². The minimum absolute atomic E-state index is 0.0353. The second-order valence-electron chi connectivity index (χ2n) is 6.57. The number of thiophene rings is 1. The molecule has 2 aromatic heterocycles. The maximum atomic E-state index is 11.6. The molecule has 5 aromatic rings. The van der Waals surface area contributed by atoms with Crippen molar-refractivity contribution in [2.75, 3.05) is 0 Å². The molecule has 0 aliphatic heterocycles. The average Bonchev–Trinajstić information content (AvgIpc) is 3.43. The van der Waals surface area contributed by atoms with Crippen molar-refractivity contribution in [3.8, 4) is 33.7 Å². The first-order chi connectivity index (χ1) is 14.2. The van der Waals surface area contributed by atoms with Crippen molar-refractivity contribution in [1.82, 2.24) is 4.98 Å². The fraction of sp³-hybridized carbons (Fsp3) is 0. The van der Waals surface area contributed by atoms with Gasteiger partial charge in [0.2, 0.25) is 5.89 Å². The smallest absolute Gasteiger partial charge is 0.278 e. The summed E-state index contributed by atoms with van der Waals surface area (Å²) in [6.07, 6.45) is 0. The van der Waals surface area contributed by atoms with E-state index in [0.717, 1.165) is 16.7 Å². The first-order valence-electron chi connectivity index (χ1n) is 8.96. The minimum atomic E-state index is -0.368. The summed E-state index contributed by atoms with van der Waals surface area (Å²) in [6, 6.07) is 22.8. The van der Waals surface area contributed by atoms with Crippen molar-refractivity contribution < 1.29 is 9.34 Å². The van der Waals surface area contributed by atoms with Gasteiger partial charge in [-0.05, 0) is 57.8 Å². The van der Waals surface area contributed by atoms with Gasteiger partial charge in [-0.2, -0.15) is 11.3 Å². The molecule has 5 nitrogen and oxygen atoms in total. The molecule has 29 heavy (non-hydrogen) atoms. The first-order valence-corrected chi connectivity index (χ1v) is 9.91. The molecular formula is C23H14N2O3S. The number of hydrogen-bond acceptors (Lipinski definition) is 5. The number of rotatable bonds is 4.